The summed E-state index contributed by atoms with van der Waals surface area (Å²) in [5.74, 6) is -0.766. The average molecular weight is 1060 g/mol. The Morgan fingerprint density at radius 2 is 1.06 bits per heavy atom. The molecule has 0 aromatic heterocycles. The Morgan fingerprint density at radius 1 is 0.532 bits per heavy atom. The van der Waals surface area contributed by atoms with Gasteiger partial charge in [0.1, 0.15) is 66.7 Å². The first-order valence-electron chi connectivity index (χ1n) is 25.7. The molecule has 1 aliphatic heterocycles. The third-order valence-electron chi connectivity index (χ3n) is 13.3. The first kappa shape index (κ1) is 58.1. The van der Waals surface area contributed by atoms with Gasteiger partial charge in [0.2, 0.25) is 35.4 Å². The van der Waals surface area contributed by atoms with Gasteiger partial charge in [-0.15, -0.1) is 0 Å². The molecule has 1 aliphatic rings. The summed E-state index contributed by atoms with van der Waals surface area (Å²) in [6.45, 7) is 6.43. The van der Waals surface area contributed by atoms with E-state index >= 15 is 19.2 Å². The summed E-state index contributed by atoms with van der Waals surface area (Å²) in [6, 6.07) is 32.8. The van der Waals surface area contributed by atoms with Crippen molar-refractivity contribution in [3.05, 3.63) is 138 Å². The number of carbonyl (C=O) groups is 6. The highest BCUT2D eigenvalue weighted by Crippen LogP contribution is 2.31. The smallest absolute Gasteiger partial charge is 0.247 e. The van der Waals surface area contributed by atoms with E-state index < -0.39 is 86.3 Å². The van der Waals surface area contributed by atoms with Crippen LogP contribution in [0.5, 0.6) is 34.5 Å². The molecule has 5 aromatic carbocycles. The minimum Gasteiger partial charge on any atom is -0.497 e. The van der Waals surface area contributed by atoms with Gasteiger partial charge in [-0.3, -0.25) is 28.8 Å². The van der Waals surface area contributed by atoms with Crippen LogP contribution in [-0.4, -0.2) is 148 Å². The molecule has 1 fully saturated rings. The maximum absolute atomic E-state index is 15.2. The lowest BCUT2D eigenvalue weighted by Crippen LogP contribution is -2.55. The van der Waals surface area contributed by atoms with Crippen molar-refractivity contribution in [2.24, 2.45) is 0 Å². The van der Waals surface area contributed by atoms with Crippen molar-refractivity contribution in [3.63, 3.8) is 0 Å². The molecule has 18 nitrogen and oxygen atoms in total. The third-order valence-corrected chi connectivity index (χ3v) is 13.3. The summed E-state index contributed by atoms with van der Waals surface area (Å²) in [5, 5.41) is 2.80. The largest absolute Gasteiger partial charge is 0.497 e. The van der Waals surface area contributed by atoms with Crippen LogP contribution in [0, 0.1) is 0 Å². The quantitative estimate of drug-likeness (QED) is 0.0818. The van der Waals surface area contributed by atoms with E-state index in [1.807, 2.05) is 68.4 Å². The van der Waals surface area contributed by atoms with E-state index in [0.29, 0.717) is 52.0 Å². The third kappa shape index (κ3) is 16.2. The molecule has 5 aromatic rings. The maximum atomic E-state index is 15.2. The maximum Gasteiger partial charge on any atom is 0.247 e. The Balaban J connectivity index is 1.46. The van der Waals surface area contributed by atoms with Crippen LogP contribution in [0.3, 0.4) is 0 Å². The van der Waals surface area contributed by atoms with Crippen molar-refractivity contribution in [3.8, 4) is 34.5 Å². The molecule has 0 bridgehead atoms. The van der Waals surface area contributed by atoms with Gasteiger partial charge in [-0.05, 0) is 107 Å². The van der Waals surface area contributed by atoms with Crippen LogP contribution in [-0.2, 0) is 39.9 Å². The lowest BCUT2D eigenvalue weighted by Gasteiger charge is -2.37. The minimum absolute atomic E-state index is 0.0228. The summed E-state index contributed by atoms with van der Waals surface area (Å²) >= 11 is 0. The Morgan fingerprint density at radius 3 is 1.65 bits per heavy atom. The molecule has 1 heterocycles. The van der Waals surface area contributed by atoms with Gasteiger partial charge in [0.25, 0.3) is 0 Å². The van der Waals surface area contributed by atoms with E-state index in [2.05, 4.69) is 5.32 Å². The van der Waals surface area contributed by atoms with Crippen LogP contribution in [0.4, 0.5) is 5.69 Å². The predicted octanol–water partition coefficient (Wildman–Crippen LogP) is 7.26. The van der Waals surface area contributed by atoms with E-state index in [4.69, 9.17) is 28.4 Å². The number of hydrogen-bond donors (Lipinski definition) is 1. The Kier molecular flexibility index (Phi) is 21.2. The van der Waals surface area contributed by atoms with E-state index in [1.54, 1.807) is 94.8 Å². The molecule has 0 radical (unpaired) electrons. The van der Waals surface area contributed by atoms with Crippen molar-refractivity contribution in [2.75, 3.05) is 85.8 Å². The zero-order valence-corrected chi connectivity index (χ0v) is 45.6. The van der Waals surface area contributed by atoms with Gasteiger partial charge in [-0.1, -0.05) is 60.7 Å². The van der Waals surface area contributed by atoms with Gasteiger partial charge in [-0.25, -0.2) is 0 Å². The number of para-hydroxylation sites is 2. The van der Waals surface area contributed by atoms with E-state index in [9.17, 15) is 9.59 Å². The molecule has 0 unspecified atom stereocenters. The van der Waals surface area contributed by atoms with Crippen LogP contribution in [0.1, 0.15) is 69.8 Å². The highest BCUT2D eigenvalue weighted by Gasteiger charge is 2.35. The van der Waals surface area contributed by atoms with Crippen molar-refractivity contribution in [1.82, 2.24) is 24.9 Å². The molecule has 3 atom stereocenters. The number of nitrogens with zero attached hydrogens (tertiary/aromatic N) is 5. The molecule has 6 amide bonds. The van der Waals surface area contributed by atoms with E-state index in [1.165, 1.54) is 45.6 Å². The number of hydrogen-bond acceptors (Lipinski definition) is 12. The van der Waals surface area contributed by atoms with Gasteiger partial charge < -0.3 is 58.2 Å². The van der Waals surface area contributed by atoms with Crippen molar-refractivity contribution in [2.45, 2.75) is 71.7 Å². The molecule has 410 valence electrons. The normalized spacial score (nSPS) is 16.4. The average Bonchev–Trinajstić information content (AvgIpc) is 3.45. The van der Waals surface area contributed by atoms with Crippen molar-refractivity contribution < 1.29 is 57.2 Å². The predicted molar refractivity (Wildman–Crippen MR) is 291 cm³/mol. The first-order valence-corrected chi connectivity index (χ1v) is 25.7. The number of benzene rings is 5. The number of rotatable bonds is 19. The molecule has 77 heavy (non-hydrogen) atoms. The van der Waals surface area contributed by atoms with Crippen molar-refractivity contribution >= 4 is 41.1 Å². The van der Waals surface area contributed by atoms with Crippen molar-refractivity contribution in [1.29, 1.82) is 0 Å². The summed E-state index contributed by atoms with van der Waals surface area (Å²) in [6.07, 6.45) is 0.432. The molecule has 0 spiro atoms. The minimum atomic E-state index is -1.22. The fraction of sp³-hybridized carbons (Fsp3) is 0.390. The topological polar surface area (TPSA) is 186 Å². The van der Waals surface area contributed by atoms with Gasteiger partial charge in [0, 0.05) is 37.9 Å². The van der Waals surface area contributed by atoms with Gasteiger partial charge >= 0.3 is 0 Å². The number of carbonyl (C=O) groups excluding carboxylic acids is 6. The van der Waals surface area contributed by atoms with Crippen LogP contribution in [0.15, 0.2) is 121 Å². The number of ether oxygens (including phenoxy) is 6. The lowest BCUT2D eigenvalue weighted by atomic mass is 10.0. The lowest BCUT2D eigenvalue weighted by molar-refractivity contribution is -0.148. The summed E-state index contributed by atoms with van der Waals surface area (Å²) < 4.78 is 34.1. The molecular formula is C59H72N6O12. The molecule has 1 saturated heterocycles. The number of anilines is 1. The highest BCUT2D eigenvalue weighted by atomic mass is 16.5. The van der Waals surface area contributed by atoms with E-state index in [0.717, 1.165) is 5.56 Å². The standard InChI is InChI=1S/C59H72N6O12/c1-40(2)76-31-15-29-61-36-57(69)65(47-32-51(74-8)34-52(33-47)75-9)38-56(68)62(30-28-46-16-13-14-19-53(46)77-50-17-11-10-12-18-50)35-54(66)60-41(3)59(71)64(43(5)45-22-26-49(73-7)27-23-45)39-58(70)63(37-55(61)67)42(4)44-20-24-48(72-6)25-21-44/h10-14,16-27,32-34,40-43H,15,28-31,35-39H2,1-9H3,(H,60,66)/t41-,42+,43+/m1/s1. The zero-order chi connectivity index (χ0) is 55.6. The molecular weight excluding hydrogens is 985 g/mol. The molecule has 18 heteroatoms. The van der Waals surface area contributed by atoms with Crippen LogP contribution in [0.2, 0.25) is 0 Å². The number of nitrogens with one attached hydrogen (secondary N) is 1. The Bertz CT molecular complexity index is 2750. The van der Waals surface area contributed by atoms with E-state index in [-0.39, 0.29) is 37.9 Å². The second kappa shape index (κ2) is 28.1. The summed E-state index contributed by atoms with van der Waals surface area (Å²) in [4.78, 5) is 96.4. The van der Waals surface area contributed by atoms with Crippen LogP contribution >= 0.6 is 0 Å². The highest BCUT2D eigenvalue weighted by molar-refractivity contribution is 6.02. The molecule has 0 saturated carbocycles. The SMILES string of the molecule is COc1ccc([C@H](C)N2CC(=O)N(CCCOC(C)C)CC(=O)N(c3cc(OC)cc(OC)c3)CC(=O)N(CCc3ccccc3Oc3ccccc3)CC(=O)N[C@H](C)C(=O)N([C@@H](C)c3ccc(OC)cc3)CC2=O)cc1. The molecule has 6 rings (SSSR count). The van der Waals surface area contributed by atoms with Gasteiger partial charge in [-0.2, -0.15) is 0 Å². The van der Waals surface area contributed by atoms with Gasteiger partial charge in [0.15, 0.2) is 0 Å². The van der Waals surface area contributed by atoms with Gasteiger partial charge in [0.05, 0.1) is 58.9 Å². The van der Waals surface area contributed by atoms with Crippen LogP contribution < -0.4 is 33.9 Å². The molecule has 0 aliphatic carbocycles. The van der Waals surface area contributed by atoms with Crippen LogP contribution in [0.25, 0.3) is 0 Å². The first-order chi connectivity index (χ1) is 37.0. The Labute approximate surface area is 451 Å². The zero-order valence-electron chi connectivity index (χ0n) is 45.6. The fourth-order valence-electron chi connectivity index (χ4n) is 8.82. The summed E-state index contributed by atoms with van der Waals surface area (Å²) in [5.41, 5.74) is 2.28. The fourth-order valence-corrected chi connectivity index (χ4v) is 8.82. The Hall–Kier alpha value is -8.12. The monoisotopic (exact) mass is 1060 g/mol. The summed E-state index contributed by atoms with van der Waals surface area (Å²) in [7, 11) is 5.99. The second-order valence-corrected chi connectivity index (χ2v) is 18.9. The second-order valence-electron chi connectivity index (χ2n) is 18.9. The number of amides is 6. The molecule has 1 N–H and O–H groups in total. The number of methoxy groups -OCH3 is 4.